The molecule has 0 saturated carbocycles. The summed E-state index contributed by atoms with van der Waals surface area (Å²) < 4.78 is 0. The fourth-order valence-corrected chi connectivity index (χ4v) is 3.15. The van der Waals surface area contributed by atoms with E-state index < -0.39 is 0 Å². The summed E-state index contributed by atoms with van der Waals surface area (Å²) in [4.78, 5) is 11.3. The number of rotatable bonds is 2. The van der Waals surface area contributed by atoms with Crippen molar-refractivity contribution < 1.29 is 4.79 Å². The number of Topliss-reactive ketones (excluding diaryl/α,β-unsaturated/α-hetero) is 1. The van der Waals surface area contributed by atoms with Gasteiger partial charge in [-0.25, -0.2) is 0 Å². The summed E-state index contributed by atoms with van der Waals surface area (Å²) in [6.07, 6.45) is 2.51. The molecule has 0 N–H and O–H groups in total. The molecule has 0 atom stereocenters. The van der Waals surface area contributed by atoms with E-state index >= 15 is 0 Å². The van der Waals surface area contributed by atoms with Gasteiger partial charge in [-0.3, -0.25) is 4.79 Å². The van der Waals surface area contributed by atoms with Gasteiger partial charge in [-0.05, 0) is 48.8 Å². The van der Waals surface area contributed by atoms with Gasteiger partial charge in [0, 0.05) is 5.56 Å². The van der Waals surface area contributed by atoms with Crippen molar-refractivity contribution in [3.8, 4) is 0 Å². The molecule has 1 nitrogen and oxygen atoms in total. The summed E-state index contributed by atoms with van der Waals surface area (Å²) in [6.45, 7) is 1.63. The lowest BCUT2D eigenvalue weighted by Gasteiger charge is -2.21. The van der Waals surface area contributed by atoms with Crippen LogP contribution >= 0.6 is 11.8 Å². The molecule has 0 amide bonds. The average Bonchev–Trinajstić information content (AvgIpc) is 2.30. The summed E-state index contributed by atoms with van der Waals surface area (Å²) in [7, 11) is 0. The molecule has 0 spiro atoms. The van der Waals surface area contributed by atoms with Crippen molar-refractivity contribution >= 4 is 17.5 Å². The molecule has 15 heavy (non-hydrogen) atoms. The zero-order valence-electron chi connectivity index (χ0n) is 9.03. The summed E-state index contributed by atoms with van der Waals surface area (Å²) in [5.74, 6) is 3.36. The number of benzene rings is 1. The molecule has 1 heterocycles. The zero-order chi connectivity index (χ0) is 10.7. The summed E-state index contributed by atoms with van der Waals surface area (Å²) >= 11 is 2.04. The Morgan fingerprint density at radius 1 is 1.33 bits per heavy atom. The Kier molecular flexibility index (Phi) is 3.47. The predicted octanol–water partition coefficient (Wildman–Crippen LogP) is 3.50. The number of ketones is 1. The van der Waals surface area contributed by atoms with E-state index in [0.717, 1.165) is 5.56 Å². The lowest BCUT2D eigenvalue weighted by molar-refractivity contribution is 0.101. The average molecular weight is 220 g/mol. The first kappa shape index (κ1) is 10.7. The van der Waals surface area contributed by atoms with Crippen molar-refractivity contribution in [2.24, 2.45) is 0 Å². The monoisotopic (exact) mass is 220 g/mol. The van der Waals surface area contributed by atoms with Crippen molar-refractivity contribution in [1.29, 1.82) is 0 Å². The van der Waals surface area contributed by atoms with E-state index in [-0.39, 0.29) is 5.78 Å². The Balaban J connectivity index is 2.19. The molecule has 2 rings (SSSR count). The number of carbonyl (C=O) groups is 1. The van der Waals surface area contributed by atoms with Gasteiger partial charge in [0.25, 0.3) is 0 Å². The van der Waals surface area contributed by atoms with Crippen LogP contribution in [0.2, 0.25) is 0 Å². The second kappa shape index (κ2) is 4.84. The molecule has 0 radical (unpaired) electrons. The van der Waals surface area contributed by atoms with E-state index in [1.165, 1.54) is 29.9 Å². The molecule has 1 aliphatic rings. The van der Waals surface area contributed by atoms with E-state index in [0.29, 0.717) is 5.92 Å². The molecule has 1 aromatic rings. The Bertz CT molecular complexity index is 353. The fourth-order valence-electron chi connectivity index (χ4n) is 2.04. The lowest BCUT2D eigenvalue weighted by atomic mass is 9.92. The van der Waals surface area contributed by atoms with E-state index in [4.69, 9.17) is 0 Å². The van der Waals surface area contributed by atoms with Gasteiger partial charge in [0.2, 0.25) is 0 Å². The Labute approximate surface area is 95.3 Å². The third-order valence-corrected chi connectivity index (χ3v) is 4.03. The molecule has 0 unspecified atom stereocenters. The van der Waals surface area contributed by atoms with Crippen LogP contribution in [0.25, 0.3) is 0 Å². The van der Waals surface area contributed by atoms with Crippen LogP contribution in [0.3, 0.4) is 0 Å². The van der Waals surface area contributed by atoms with Crippen molar-refractivity contribution in [2.45, 2.75) is 25.7 Å². The topological polar surface area (TPSA) is 17.1 Å². The van der Waals surface area contributed by atoms with Crippen molar-refractivity contribution in [2.75, 3.05) is 11.5 Å². The number of thioether (sulfide) groups is 1. The summed E-state index contributed by atoms with van der Waals surface area (Å²) in [5.41, 5.74) is 2.20. The molecule has 1 saturated heterocycles. The first-order valence-electron chi connectivity index (χ1n) is 5.46. The molecule has 0 bridgehead atoms. The quantitative estimate of drug-likeness (QED) is 0.710. The van der Waals surface area contributed by atoms with Crippen LogP contribution in [-0.2, 0) is 0 Å². The van der Waals surface area contributed by atoms with E-state index in [9.17, 15) is 4.79 Å². The van der Waals surface area contributed by atoms with Crippen molar-refractivity contribution in [1.82, 2.24) is 0 Å². The van der Waals surface area contributed by atoms with Crippen LogP contribution < -0.4 is 0 Å². The second-order valence-electron chi connectivity index (χ2n) is 4.07. The number of carbonyl (C=O) groups excluding carboxylic acids is 1. The number of hydrogen-bond acceptors (Lipinski definition) is 2. The minimum Gasteiger partial charge on any atom is -0.295 e. The standard InChI is InChI=1S/C13H16OS/c1-10(14)12-3-2-4-13(9-12)11-5-7-15-8-6-11/h2-4,9,11H,5-8H2,1H3. The molecular formula is C13H16OS. The maximum Gasteiger partial charge on any atom is 0.159 e. The minimum absolute atomic E-state index is 0.169. The molecule has 1 aromatic carbocycles. The molecule has 80 valence electrons. The maximum absolute atomic E-state index is 11.3. The van der Waals surface area contributed by atoms with Crippen LogP contribution in [0.1, 0.15) is 41.6 Å². The van der Waals surface area contributed by atoms with Gasteiger partial charge in [-0.2, -0.15) is 11.8 Å². The molecule has 0 aromatic heterocycles. The Hall–Kier alpha value is -0.760. The smallest absolute Gasteiger partial charge is 0.159 e. The third-order valence-electron chi connectivity index (χ3n) is 2.99. The van der Waals surface area contributed by atoms with Crippen molar-refractivity contribution in [3.05, 3.63) is 35.4 Å². The van der Waals surface area contributed by atoms with Gasteiger partial charge in [-0.15, -0.1) is 0 Å². The first-order valence-corrected chi connectivity index (χ1v) is 6.61. The molecular weight excluding hydrogens is 204 g/mol. The van der Waals surface area contributed by atoms with Crippen LogP contribution in [0.5, 0.6) is 0 Å². The fraction of sp³-hybridized carbons (Fsp3) is 0.462. The van der Waals surface area contributed by atoms with Gasteiger partial charge in [0.15, 0.2) is 5.78 Å². The third kappa shape index (κ3) is 2.63. The van der Waals surface area contributed by atoms with Gasteiger partial charge in [0.05, 0.1) is 0 Å². The number of hydrogen-bond donors (Lipinski definition) is 0. The summed E-state index contributed by atoms with van der Waals surface area (Å²) in [6, 6.07) is 8.15. The van der Waals surface area contributed by atoms with Gasteiger partial charge < -0.3 is 0 Å². The van der Waals surface area contributed by atoms with Gasteiger partial charge in [0.1, 0.15) is 0 Å². The Morgan fingerprint density at radius 3 is 2.73 bits per heavy atom. The van der Waals surface area contributed by atoms with Crippen LogP contribution in [0, 0.1) is 0 Å². The van der Waals surface area contributed by atoms with Crippen LogP contribution in [0.4, 0.5) is 0 Å². The first-order chi connectivity index (χ1) is 7.27. The summed E-state index contributed by atoms with van der Waals surface area (Å²) in [5, 5.41) is 0. The van der Waals surface area contributed by atoms with E-state index in [1.807, 2.05) is 23.9 Å². The highest BCUT2D eigenvalue weighted by molar-refractivity contribution is 7.99. The predicted molar refractivity (Wildman–Crippen MR) is 65.7 cm³/mol. The SMILES string of the molecule is CC(=O)c1cccc(C2CCSCC2)c1. The highest BCUT2D eigenvalue weighted by Gasteiger charge is 2.16. The normalized spacial score (nSPS) is 17.7. The molecule has 2 heteroatoms. The maximum atomic E-state index is 11.3. The van der Waals surface area contributed by atoms with Gasteiger partial charge >= 0.3 is 0 Å². The lowest BCUT2D eigenvalue weighted by Crippen LogP contribution is -2.08. The van der Waals surface area contributed by atoms with Crippen molar-refractivity contribution in [3.63, 3.8) is 0 Å². The molecule has 0 aliphatic carbocycles. The highest BCUT2D eigenvalue weighted by Crippen LogP contribution is 2.31. The Morgan fingerprint density at radius 2 is 2.07 bits per heavy atom. The zero-order valence-corrected chi connectivity index (χ0v) is 9.85. The van der Waals surface area contributed by atoms with E-state index in [2.05, 4.69) is 12.1 Å². The minimum atomic E-state index is 0.169. The second-order valence-corrected chi connectivity index (χ2v) is 5.29. The van der Waals surface area contributed by atoms with Crippen LogP contribution in [-0.4, -0.2) is 17.3 Å². The van der Waals surface area contributed by atoms with Gasteiger partial charge in [-0.1, -0.05) is 18.2 Å². The highest BCUT2D eigenvalue weighted by atomic mass is 32.2. The van der Waals surface area contributed by atoms with E-state index in [1.54, 1.807) is 6.92 Å². The largest absolute Gasteiger partial charge is 0.295 e. The molecule has 1 aliphatic heterocycles. The van der Waals surface area contributed by atoms with Crippen LogP contribution in [0.15, 0.2) is 24.3 Å². The molecule has 1 fully saturated rings.